The van der Waals surface area contributed by atoms with Crippen molar-refractivity contribution >= 4 is 23.1 Å². The highest BCUT2D eigenvalue weighted by molar-refractivity contribution is 6.32. The number of anilines is 2. The zero-order valence-corrected chi connectivity index (χ0v) is 10.9. The number of piperazine rings is 1. The average molecular weight is 269 g/mol. The van der Waals surface area contributed by atoms with E-state index in [0.29, 0.717) is 16.8 Å². The molecule has 1 atom stereocenters. The average Bonchev–Trinajstić information content (AvgIpc) is 2.41. The Bertz CT molecular complexity index is 442. The van der Waals surface area contributed by atoms with Crippen LogP contribution >= 0.6 is 11.6 Å². The molecule has 0 spiro atoms. The van der Waals surface area contributed by atoms with Crippen molar-refractivity contribution in [3.8, 4) is 0 Å². The number of nitrogens with two attached hydrogens (primary N) is 1. The largest absolute Gasteiger partial charge is 0.397 e. The first-order chi connectivity index (χ1) is 8.74. The van der Waals surface area contributed by atoms with Gasteiger partial charge in [-0.1, -0.05) is 11.6 Å². The number of nitrogen functional groups attached to an aromatic ring is 1. The monoisotopic (exact) mass is 268 g/mol. The van der Waals surface area contributed by atoms with E-state index in [4.69, 9.17) is 22.1 Å². The molecular formula is C12H17ClN4O. The predicted octanol–water partition coefficient (Wildman–Crippen LogP) is 0.838. The molecule has 0 amide bonds. The molecule has 18 heavy (non-hydrogen) atoms. The molecule has 3 rings (SSSR count). The Kier molecular flexibility index (Phi) is 3.28. The maximum Gasteiger partial charge on any atom is 0.130 e. The molecule has 2 N–H and O–H groups in total. The van der Waals surface area contributed by atoms with Gasteiger partial charge in [-0.25, -0.2) is 4.98 Å². The molecule has 2 fully saturated rings. The van der Waals surface area contributed by atoms with Crippen molar-refractivity contribution in [3.63, 3.8) is 0 Å². The third kappa shape index (κ3) is 2.25. The molecule has 0 radical (unpaired) electrons. The SMILES string of the molecule is Nc1cc(N2CCN3CCOCC3C2)ncc1Cl. The van der Waals surface area contributed by atoms with Gasteiger partial charge >= 0.3 is 0 Å². The fraction of sp³-hybridized carbons (Fsp3) is 0.583. The van der Waals surface area contributed by atoms with Crippen LogP contribution in [0.2, 0.25) is 5.02 Å². The Labute approximate surface area is 111 Å². The minimum Gasteiger partial charge on any atom is -0.397 e. The van der Waals surface area contributed by atoms with E-state index in [1.165, 1.54) is 0 Å². The highest BCUT2D eigenvalue weighted by Gasteiger charge is 2.30. The number of halogens is 1. The number of ether oxygens (including phenoxy) is 1. The van der Waals surface area contributed by atoms with Gasteiger partial charge in [-0.3, -0.25) is 4.90 Å². The number of nitrogens with zero attached hydrogens (tertiary/aromatic N) is 3. The van der Waals surface area contributed by atoms with Gasteiger partial charge in [0, 0.05) is 38.4 Å². The first-order valence-electron chi connectivity index (χ1n) is 6.22. The molecule has 1 aromatic heterocycles. The third-order valence-electron chi connectivity index (χ3n) is 3.63. The van der Waals surface area contributed by atoms with Gasteiger partial charge in [0.15, 0.2) is 0 Å². The summed E-state index contributed by atoms with van der Waals surface area (Å²) in [5.41, 5.74) is 6.41. The van der Waals surface area contributed by atoms with Crippen LogP contribution in [0.1, 0.15) is 0 Å². The molecule has 1 aromatic rings. The lowest BCUT2D eigenvalue weighted by Crippen LogP contribution is -2.58. The Morgan fingerprint density at radius 2 is 2.28 bits per heavy atom. The van der Waals surface area contributed by atoms with E-state index in [0.717, 1.165) is 45.2 Å². The van der Waals surface area contributed by atoms with Gasteiger partial charge in [0.1, 0.15) is 5.82 Å². The van der Waals surface area contributed by atoms with Gasteiger partial charge in [0.05, 0.1) is 30.0 Å². The lowest BCUT2D eigenvalue weighted by Gasteiger charge is -2.44. The molecule has 5 nitrogen and oxygen atoms in total. The summed E-state index contributed by atoms with van der Waals surface area (Å²) in [5.74, 6) is 0.905. The van der Waals surface area contributed by atoms with Gasteiger partial charge in [0.2, 0.25) is 0 Å². The summed E-state index contributed by atoms with van der Waals surface area (Å²) < 4.78 is 5.53. The predicted molar refractivity (Wildman–Crippen MR) is 72.1 cm³/mol. The fourth-order valence-corrected chi connectivity index (χ4v) is 2.67. The number of rotatable bonds is 1. The summed E-state index contributed by atoms with van der Waals surface area (Å²) in [4.78, 5) is 9.09. The van der Waals surface area contributed by atoms with Crippen molar-refractivity contribution in [2.45, 2.75) is 6.04 Å². The van der Waals surface area contributed by atoms with Gasteiger partial charge in [-0.05, 0) is 0 Å². The van der Waals surface area contributed by atoms with E-state index in [1.54, 1.807) is 6.20 Å². The lowest BCUT2D eigenvalue weighted by atomic mass is 10.1. The Hall–Kier alpha value is -1.04. The molecule has 2 saturated heterocycles. The van der Waals surface area contributed by atoms with Crippen LogP contribution < -0.4 is 10.6 Å². The van der Waals surface area contributed by atoms with Gasteiger partial charge < -0.3 is 15.4 Å². The van der Waals surface area contributed by atoms with Crippen molar-refractivity contribution in [1.29, 1.82) is 0 Å². The molecular weight excluding hydrogens is 252 g/mol. The summed E-state index contributed by atoms with van der Waals surface area (Å²) in [6.07, 6.45) is 1.62. The second-order valence-corrected chi connectivity index (χ2v) is 5.18. The Morgan fingerprint density at radius 1 is 1.39 bits per heavy atom. The molecule has 0 aliphatic carbocycles. The van der Waals surface area contributed by atoms with E-state index in [1.807, 2.05) is 6.07 Å². The van der Waals surface area contributed by atoms with Crippen LogP contribution in [0.25, 0.3) is 0 Å². The molecule has 3 heterocycles. The number of aromatic nitrogens is 1. The summed E-state index contributed by atoms with van der Waals surface area (Å²) in [6, 6.07) is 2.31. The fourth-order valence-electron chi connectivity index (χ4n) is 2.57. The molecule has 0 aromatic carbocycles. The summed E-state index contributed by atoms with van der Waals surface area (Å²) in [7, 11) is 0. The second-order valence-electron chi connectivity index (χ2n) is 4.77. The number of pyridine rings is 1. The van der Waals surface area contributed by atoms with Crippen LogP contribution in [0, 0.1) is 0 Å². The second kappa shape index (κ2) is 4.91. The summed E-state index contributed by atoms with van der Waals surface area (Å²) in [6.45, 7) is 5.66. The van der Waals surface area contributed by atoms with Crippen LogP contribution in [0.4, 0.5) is 11.5 Å². The first-order valence-corrected chi connectivity index (χ1v) is 6.59. The quantitative estimate of drug-likeness (QED) is 0.818. The topological polar surface area (TPSA) is 54.6 Å². The maximum atomic E-state index is 5.90. The minimum absolute atomic E-state index is 0.464. The van der Waals surface area contributed by atoms with Crippen molar-refractivity contribution in [1.82, 2.24) is 9.88 Å². The number of hydrogen-bond donors (Lipinski definition) is 1. The normalized spacial score (nSPS) is 24.9. The number of hydrogen-bond acceptors (Lipinski definition) is 5. The van der Waals surface area contributed by atoms with E-state index < -0.39 is 0 Å². The minimum atomic E-state index is 0.464. The molecule has 0 saturated carbocycles. The van der Waals surface area contributed by atoms with Crippen LogP contribution in [-0.4, -0.2) is 55.3 Å². The zero-order chi connectivity index (χ0) is 12.5. The maximum absolute atomic E-state index is 5.90. The molecule has 98 valence electrons. The van der Waals surface area contributed by atoms with Crippen molar-refractivity contribution in [3.05, 3.63) is 17.3 Å². The van der Waals surface area contributed by atoms with Crippen molar-refractivity contribution < 1.29 is 4.74 Å². The van der Waals surface area contributed by atoms with E-state index in [9.17, 15) is 0 Å². The number of morpholine rings is 1. The molecule has 1 unspecified atom stereocenters. The molecule has 6 heteroatoms. The highest BCUT2D eigenvalue weighted by atomic mass is 35.5. The van der Waals surface area contributed by atoms with E-state index in [2.05, 4.69) is 14.8 Å². The molecule has 2 aliphatic heterocycles. The van der Waals surface area contributed by atoms with Crippen LogP contribution in [-0.2, 0) is 4.74 Å². The standard InChI is InChI=1S/C12H17ClN4O/c13-10-6-15-12(5-11(10)14)17-2-1-16-3-4-18-8-9(16)7-17/h5-6,9H,1-4,7-8H2,(H2,14,15). The summed E-state index contributed by atoms with van der Waals surface area (Å²) >= 11 is 5.90. The van der Waals surface area contributed by atoms with Gasteiger partial charge in [-0.15, -0.1) is 0 Å². The van der Waals surface area contributed by atoms with E-state index in [-0.39, 0.29) is 0 Å². The summed E-state index contributed by atoms with van der Waals surface area (Å²) in [5, 5.41) is 0.512. The van der Waals surface area contributed by atoms with Crippen molar-refractivity contribution in [2.24, 2.45) is 0 Å². The van der Waals surface area contributed by atoms with Crippen LogP contribution in [0.3, 0.4) is 0 Å². The van der Waals surface area contributed by atoms with Crippen LogP contribution in [0.15, 0.2) is 12.3 Å². The highest BCUT2D eigenvalue weighted by Crippen LogP contribution is 2.24. The lowest BCUT2D eigenvalue weighted by molar-refractivity contribution is -0.0117. The van der Waals surface area contributed by atoms with Crippen LogP contribution in [0.5, 0.6) is 0 Å². The van der Waals surface area contributed by atoms with E-state index >= 15 is 0 Å². The van der Waals surface area contributed by atoms with Gasteiger partial charge in [0.25, 0.3) is 0 Å². The number of fused-ring (bicyclic) bond motifs is 1. The Balaban J connectivity index is 1.75. The van der Waals surface area contributed by atoms with Crippen molar-refractivity contribution in [2.75, 3.05) is 50.0 Å². The first kappa shape index (κ1) is 12.0. The molecule has 2 aliphatic rings. The smallest absolute Gasteiger partial charge is 0.130 e. The zero-order valence-electron chi connectivity index (χ0n) is 10.2. The Morgan fingerprint density at radius 3 is 3.11 bits per heavy atom. The third-order valence-corrected chi connectivity index (χ3v) is 3.95. The molecule has 0 bridgehead atoms. The van der Waals surface area contributed by atoms with Gasteiger partial charge in [-0.2, -0.15) is 0 Å².